The summed E-state index contributed by atoms with van der Waals surface area (Å²) in [6, 6.07) is 3.08. The Bertz CT molecular complexity index is 837. The first-order valence-electron chi connectivity index (χ1n) is 7.55. The minimum absolute atomic E-state index is 0.00215. The molecule has 0 radical (unpaired) electrons. The van der Waals surface area contributed by atoms with Gasteiger partial charge >= 0.3 is 0 Å². The molecule has 124 valence electrons. The number of amides is 2. The number of benzene rings is 1. The third kappa shape index (κ3) is 1.99. The van der Waals surface area contributed by atoms with Crippen LogP contribution >= 0.6 is 11.6 Å². The van der Waals surface area contributed by atoms with Gasteiger partial charge in [0.15, 0.2) is 6.10 Å². The number of carbonyl (C=O) groups is 2. The maximum absolute atomic E-state index is 13.2. The highest BCUT2D eigenvalue weighted by atomic mass is 35.5. The number of rotatable bonds is 1. The first-order chi connectivity index (χ1) is 11.3. The standard InChI is InChI=1S/C17H14ClFN2O3/c1-8-6-17(2)14(20-7-8)12-13(24-17)16(23)21(15(12)22)11-4-3-9(19)5-10(11)18/h3-7,12-14H,1-2H3/t12-,13-,14-,17-/m0/s1. The van der Waals surface area contributed by atoms with Gasteiger partial charge < -0.3 is 4.74 Å². The Balaban J connectivity index is 1.74. The summed E-state index contributed by atoms with van der Waals surface area (Å²) in [6.45, 7) is 3.71. The van der Waals surface area contributed by atoms with Gasteiger partial charge in [0, 0.05) is 6.21 Å². The van der Waals surface area contributed by atoms with E-state index >= 15 is 0 Å². The molecule has 2 fully saturated rings. The van der Waals surface area contributed by atoms with Crippen LogP contribution in [0.4, 0.5) is 10.1 Å². The molecule has 7 heteroatoms. The molecule has 2 amide bonds. The van der Waals surface area contributed by atoms with Crippen molar-refractivity contribution in [3.05, 3.63) is 40.7 Å². The Labute approximate surface area is 142 Å². The smallest absolute Gasteiger partial charge is 0.263 e. The van der Waals surface area contributed by atoms with Gasteiger partial charge in [-0.1, -0.05) is 11.6 Å². The van der Waals surface area contributed by atoms with E-state index in [1.54, 1.807) is 6.21 Å². The van der Waals surface area contributed by atoms with E-state index in [0.717, 1.165) is 22.6 Å². The van der Waals surface area contributed by atoms with Gasteiger partial charge in [-0.2, -0.15) is 0 Å². The molecule has 0 aliphatic carbocycles. The molecule has 2 saturated heterocycles. The fourth-order valence-electron chi connectivity index (χ4n) is 3.74. The molecule has 5 nitrogen and oxygen atoms in total. The molecule has 0 N–H and O–H groups in total. The van der Waals surface area contributed by atoms with E-state index in [1.165, 1.54) is 6.07 Å². The summed E-state index contributed by atoms with van der Waals surface area (Å²) < 4.78 is 19.2. The highest BCUT2D eigenvalue weighted by Gasteiger charge is 2.64. The molecule has 0 aromatic heterocycles. The van der Waals surface area contributed by atoms with Crippen molar-refractivity contribution in [2.24, 2.45) is 10.9 Å². The first-order valence-corrected chi connectivity index (χ1v) is 7.93. The summed E-state index contributed by atoms with van der Waals surface area (Å²) in [5, 5.41) is 0.00215. The van der Waals surface area contributed by atoms with Crippen LogP contribution in [0.15, 0.2) is 34.8 Å². The van der Waals surface area contributed by atoms with E-state index in [4.69, 9.17) is 16.3 Å². The zero-order valence-electron chi connectivity index (χ0n) is 13.0. The van der Waals surface area contributed by atoms with E-state index in [0.29, 0.717) is 0 Å². The first kappa shape index (κ1) is 15.5. The van der Waals surface area contributed by atoms with Gasteiger partial charge in [-0.3, -0.25) is 14.6 Å². The summed E-state index contributed by atoms with van der Waals surface area (Å²) >= 11 is 6.01. The van der Waals surface area contributed by atoms with E-state index in [1.807, 2.05) is 19.9 Å². The molecular weight excluding hydrogens is 335 g/mol. The largest absolute Gasteiger partial charge is 0.355 e. The molecule has 0 saturated carbocycles. The number of allylic oxidation sites excluding steroid dienone is 1. The topological polar surface area (TPSA) is 59.0 Å². The van der Waals surface area contributed by atoms with Gasteiger partial charge in [0.1, 0.15) is 11.4 Å². The lowest BCUT2D eigenvalue weighted by atomic mass is 9.85. The molecule has 4 rings (SSSR count). The fraction of sp³-hybridized carbons (Fsp3) is 0.353. The van der Waals surface area contributed by atoms with Gasteiger partial charge in [0.25, 0.3) is 5.91 Å². The molecule has 24 heavy (non-hydrogen) atoms. The predicted octanol–water partition coefficient (Wildman–Crippen LogP) is 2.53. The lowest BCUT2D eigenvalue weighted by Gasteiger charge is -2.31. The molecule has 0 unspecified atom stereocenters. The molecule has 3 aliphatic rings. The van der Waals surface area contributed by atoms with Crippen molar-refractivity contribution in [1.29, 1.82) is 0 Å². The second kappa shape index (κ2) is 4.97. The molecule has 1 aromatic carbocycles. The third-order valence-corrected chi connectivity index (χ3v) is 5.01. The maximum atomic E-state index is 13.2. The zero-order valence-corrected chi connectivity index (χ0v) is 13.7. The van der Waals surface area contributed by atoms with Crippen LogP contribution in [0, 0.1) is 11.7 Å². The Morgan fingerprint density at radius 3 is 2.79 bits per heavy atom. The number of hydrogen-bond acceptors (Lipinski definition) is 4. The third-order valence-electron chi connectivity index (χ3n) is 4.71. The Morgan fingerprint density at radius 2 is 2.08 bits per heavy atom. The van der Waals surface area contributed by atoms with Gasteiger partial charge in [-0.05, 0) is 43.7 Å². The summed E-state index contributed by atoms with van der Waals surface area (Å²) in [7, 11) is 0. The minimum Gasteiger partial charge on any atom is -0.355 e. The summed E-state index contributed by atoms with van der Waals surface area (Å²) in [6.07, 6.45) is 2.66. The average molecular weight is 349 g/mol. The van der Waals surface area contributed by atoms with Gasteiger partial charge in [-0.25, -0.2) is 9.29 Å². The Kier molecular flexibility index (Phi) is 3.21. The number of dihydropyridines is 1. The number of aliphatic imine (C=N–C) groups is 1. The lowest BCUT2D eigenvalue weighted by Crippen LogP contribution is -2.43. The second-order valence-corrected chi connectivity index (χ2v) is 6.87. The molecule has 3 aliphatic heterocycles. The highest BCUT2D eigenvalue weighted by molar-refractivity contribution is 6.36. The van der Waals surface area contributed by atoms with Crippen molar-refractivity contribution < 1.29 is 18.7 Å². The fourth-order valence-corrected chi connectivity index (χ4v) is 3.99. The van der Waals surface area contributed by atoms with Crippen LogP contribution < -0.4 is 4.90 Å². The molecule has 4 atom stereocenters. The number of nitrogens with zero attached hydrogens (tertiary/aromatic N) is 2. The Hall–Kier alpha value is -2.05. The van der Waals surface area contributed by atoms with Gasteiger partial charge in [-0.15, -0.1) is 0 Å². The second-order valence-electron chi connectivity index (χ2n) is 6.47. The SMILES string of the molecule is CC1=C[C@]2(C)O[C@@H]3C(=O)N(c4ccc(F)cc4Cl)C(=O)[C@@H]3[C@@H]2N=C1. The molecule has 1 aromatic rings. The predicted molar refractivity (Wildman–Crippen MR) is 86.7 cm³/mol. The van der Waals surface area contributed by atoms with E-state index in [9.17, 15) is 14.0 Å². The minimum atomic E-state index is -0.909. The number of halogens is 2. The normalized spacial score (nSPS) is 34.4. The maximum Gasteiger partial charge on any atom is 0.263 e. The number of ether oxygens (including phenoxy) is 1. The summed E-state index contributed by atoms with van der Waals surface area (Å²) in [5.41, 5.74) is 0.310. The molecule has 0 spiro atoms. The Morgan fingerprint density at radius 1 is 1.33 bits per heavy atom. The van der Waals surface area contributed by atoms with Crippen molar-refractivity contribution in [2.45, 2.75) is 31.6 Å². The van der Waals surface area contributed by atoms with Gasteiger partial charge in [0.2, 0.25) is 5.91 Å². The van der Waals surface area contributed by atoms with Crippen LogP contribution in [0.25, 0.3) is 0 Å². The van der Waals surface area contributed by atoms with Crippen molar-refractivity contribution >= 4 is 35.3 Å². The zero-order chi connectivity index (χ0) is 17.2. The van der Waals surface area contributed by atoms with Crippen molar-refractivity contribution in [1.82, 2.24) is 0 Å². The van der Waals surface area contributed by atoms with Crippen LogP contribution in [-0.4, -0.2) is 35.8 Å². The number of anilines is 1. The van der Waals surface area contributed by atoms with Crippen molar-refractivity contribution in [2.75, 3.05) is 4.90 Å². The van der Waals surface area contributed by atoms with Crippen molar-refractivity contribution in [3.63, 3.8) is 0 Å². The van der Waals surface area contributed by atoms with Crippen LogP contribution in [0.1, 0.15) is 13.8 Å². The van der Waals surface area contributed by atoms with Gasteiger partial charge in [0.05, 0.1) is 22.7 Å². The van der Waals surface area contributed by atoms with E-state index in [-0.39, 0.29) is 10.7 Å². The monoisotopic (exact) mass is 348 g/mol. The van der Waals surface area contributed by atoms with Crippen LogP contribution in [0.2, 0.25) is 5.02 Å². The number of fused-ring (bicyclic) bond motifs is 3. The molecule has 3 heterocycles. The molecule has 0 bridgehead atoms. The summed E-state index contributed by atoms with van der Waals surface area (Å²) in [4.78, 5) is 31.1. The van der Waals surface area contributed by atoms with Crippen LogP contribution in [-0.2, 0) is 14.3 Å². The van der Waals surface area contributed by atoms with Crippen LogP contribution in [0.5, 0.6) is 0 Å². The average Bonchev–Trinajstić information content (AvgIpc) is 2.92. The quantitative estimate of drug-likeness (QED) is 0.733. The van der Waals surface area contributed by atoms with E-state index < -0.39 is 41.3 Å². The van der Waals surface area contributed by atoms with Crippen molar-refractivity contribution in [3.8, 4) is 0 Å². The lowest BCUT2D eigenvalue weighted by molar-refractivity contribution is -0.130. The number of carbonyl (C=O) groups excluding carboxylic acids is 2. The highest BCUT2D eigenvalue weighted by Crippen LogP contribution is 2.47. The number of imide groups is 1. The van der Waals surface area contributed by atoms with Crippen LogP contribution in [0.3, 0.4) is 0 Å². The molecular formula is C17H14ClFN2O3. The van der Waals surface area contributed by atoms with E-state index in [2.05, 4.69) is 4.99 Å². The summed E-state index contributed by atoms with van der Waals surface area (Å²) in [5.74, 6) is -2.15. The number of hydrogen-bond donors (Lipinski definition) is 0.